The fourth-order valence-electron chi connectivity index (χ4n) is 6.54. The van der Waals surface area contributed by atoms with Gasteiger partial charge in [0.15, 0.2) is 11.5 Å². The highest BCUT2D eigenvalue weighted by Crippen LogP contribution is 2.38. The second kappa shape index (κ2) is 12.6. The molecular weight excluding hydrogens is 498 g/mol. The number of methoxy groups -OCH3 is 3. The van der Waals surface area contributed by atoms with Gasteiger partial charge in [0.1, 0.15) is 5.60 Å². The molecule has 3 heterocycles. The number of piperidine rings is 2. The van der Waals surface area contributed by atoms with Gasteiger partial charge < -0.3 is 29.3 Å². The lowest BCUT2D eigenvalue weighted by atomic mass is 9.77. The van der Waals surface area contributed by atoms with Gasteiger partial charge in [-0.3, -0.25) is 14.4 Å². The van der Waals surface area contributed by atoms with Crippen LogP contribution in [0.15, 0.2) is 12.1 Å². The molecule has 2 saturated heterocycles. The van der Waals surface area contributed by atoms with E-state index in [2.05, 4.69) is 16.3 Å². The molecule has 3 amide bonds. The third-order valence-electron chi connectivity index (χ3n) is 8.69. The second-order valence-electron chi connectivity index (χ2n) is 11.7. The van der Waals surface area contributed by atoms with Gasteiger partial charge in [-0.15, -0.1) is 0 Å². The number of nitrogens with one attached hydrogen (secondary N) is 1. The van der Waals surface area contributed by atoms with Crippen LogP contribution in [-0.4, -0.2) is 86.7 Å². The van der Waals surface area contributed by atoms with E-state index >= 15 is 0 Å². The third-order valence-corrected chi connectivity index (χ3v) is 8.69. The number of fused-ring (bicyclic) bond motifs is 6. The van der Waals surface area contributed by atoms with Crippen LogP contribution in [0.5, 0.6) is 11.5 Å². The van der Waals surface area contributed by atoms with Crippen molar-refractivity contribution in [3.63, 3.8) is 0 Å². The predicted octanol–water partition coefficient (Wildman–Crippen LogP) is 2.97. The van der Waals surface area contributed by atoms with Crippen LogP contribution in [0.4, 0.5) is 0 Å². The lowest BCUT2D eigenvalue weighted by Gasteiger charge is -2.51. The van der Waals surface area contributed by atoms with Crippen LogP contribution in [0.2, 0.25) is 0 Å². The Morgan fingerprint density at radius 2 is 1.77 bits per heavy atom. The fourth-order valence-corrected chi connectivity index (χ4v) is 6.54. The lowest BCUT2D eigenvalue weighted by molar-refractivity contribution is -0.158. The summed E-state index contributed by atoms with van der Waals surface area (Å²) in [6, 6.07) is 4.08. The molecule has 4 rings (SSSR count). The average molecular weight is 544 g/mol. The summed E-state index contributed by atoms with van der Waals surface area (Å²) in [6.07, 6.45) is 5.45. The molecule has 1 aromatic rings. The zero-order valence-corrected chi connectivity index (χ0v) is 24.2. The summed E-state index contributed by atoms with van der Waals surface area (Å²) in [5, 5.41) is 3.05. The Balaban J connectivity index is 1.57. The van der Waals surface area contributed by atoms with Crippen molar-refractivity contribution >= 4 is 17.7 Å². The van der Waals surface area contributed by atoms with Crippen molar-refractivity contribution < 1.29 is 28.6 Å². The molecule has 9 nitrogen and oxygen atoms in total. The zero-order valence-electron chi connectivity index (χ0n) is 24.2. The molecule has 0 radical (unpaired) electrons. The van der Waals surface area contributed by atoms with Crippen LogP contribution < -0.4 is 14.8 Å². The molecule has 1 aromatic carbocycles. The first-order valence-corrected chi connectivity index (χ1v) is 14.3. The molecule has 0 aliphatic carbocycles. The van der Waals surface area contributed by atoms with Crippen molar-refractivity contribution in [3.05, 3.63) is 23.3 Å². The van der Waals surface area contributed by atoms with E-state index in [0.717, 1.165) is 36.8 Å². The summed E-state index contributed by atoms with van der Waals surface area (Å²) >= 11 is 0. The Bertz CT molecular complexity index is 1060. The lowest BCUT2D eigenvalue weighted by Crippen LogP contribution is -2.62. The number of carbonyl (C=O) groups excluding carboxylic acids is 3. The van der Waals surface area contributed by atoms with E-state index in [9.17, 15) is 14.4 Å². The van der Waals surface area contributed by atoms with Crippen LogP contribution >= 0.6 is 0 Å². The normalized spacial score (nSPS) is 25.0. The molecular formula is C30H45N3O6. The standard InChI is InChI=1S/C30H45N3O6/c1-30(2,39-5)29(36)32-17-21-15-23(19-32)24-9-6-10-26(34)31-13-7-8-22-14-20(11-12-27(35)33(24)18-21)16-25(37-3)28(22)38-4/h14,16,21,23-24H,6-13,15,17-19H2,1-5H3,(H,31,34)/t21-,23-,24-/m0/s1. The van der Waals surface area contributed by atoms with E-state index in [1.54, 1.807) is 35.2 Å². The van der Waals surface area contributed by atoms with Crippen molar-refractivity contribution in [2.24, 2.45) is 11.8 Å². The fraction of sp³-hybridized carbons (Fsp3) is 0.700. The molecule has 0 unspecified atom stereocenters. The first-order chi connectivity index (χ1) is 18.7. The van der Waals surface area contributed by atoms with Crippen molar-refractivity contribution in [1.29, 1.82) is 0 Å². The van der Waals surface area contributed by atoms with Gasteiger partial charge in [-0.25, -0.2) is 0 Å². The summed E-state index contributed by atoms with van der Waals surface area (Å²) in [7, 11) is 4.83. The molecule has 0 saturated carbocycles. The minimum absolute atomic E-state index is 0.00341. The van der Waals surface area contributed by atoms with Crippen molar-refractivity contribution in [1.82, 2.24) is 15.1 Å². The molecule has 216 valence electrons. The highest BCUT2D eigenvalue weighted by Gasteiger charge is 2.45. The first-order valence-electron chi connectivity index (χ1n) is 14.3. The molecule has 3 aliphatic heterocycles. The number of hydrogen-bond acceptors (Lipinski definition) is 6. The molecule has 0 aromatic heterocycles. The van der Waals surface area contributed by atoms with Crippen molar-refractivity contribution in [2.75, 3.05) is 47.5 Å². The van der Waals surface area contributed by atoms with E-state index in [1.807, 2.05) is 11.0 Å². The number of carbonyl (C=O) groups is 3. The number of hydrogen-bond donors (Lipinski definition) is 1. The molecule has 4 bridgehead atoms. The van der Waals surface area contributed by atoms with Crippen LogP contribution in [-0.2, 0) is 32.0 Å². The smallest absolute Gasteiger partial charge is 0.254 e. The maximum absolute atomic E-state index is 13.7. The van der Waals surface area contributed by atoms with Gasteiger partial charge in [0.25, 0.3) is 5.91 Å². The Morgan fingerprint density at radius 1 is 0.974 bits per heavy atom. The molecule has 2 fully saturated rings. The van der Waals surface area contributed by atoms with Gasteiger partial charge in [0.2, 0.25) is 11.8 Å². The van der Waals surface area contributed by atoms with Gasteiger partial charge in [0.05, 0.1) is 14.2 Å². The summed E-state index contributed by atoms with van der Waals surface area (Å²) in [6.45, 7) is 6.10. The molecule has 39 heavy (non-hydrogen) atoms. The van der Waals surface area contributed by atoms with Crippen LogP contribution in [0.1, 0.15) is 63.5 Å². The molecule has 1 N–H and O–H groups in total. The molecule has 3 atom stereocenters. The number of amides is 3. The molecule has 9 heteroatoms. The summed E-state index contributed by atoms with van der Waals surface area (Å²) < 4.78 is 16.7. The Hall–Kier alpha value is -2.81. The zero-order chi connectivity index (χ0) is 28.2. The van der Waals surface area contributed by atoms with Crippen LogP contribution in [0.25, 0.3) is 0 Å². The highest BCUT2D eigenvalue weighted by atomic mass is 16.5. The molecule has 0 spiro atoms. The number of benzene rings is 1. The van der Waals surface area contributed by atoms with Crippen molar-refractivity contribution in [2.45, 2.75) is 76.9 Å². The molecule has 3 aliphatic rings. The summed E-state index contributed by atoms with van der Waals surface area (Å²) in [5.74, 6) is 1.97. The summed E-state index contributed by atoms with van der Waals surface area (Å²) in [5.41, 5.74) is 1.19. The monoisotopic (exact) mass is 543 g/mol. The number of nitrogens with zero attached hydrogens (tertiary/aromatic N) is 2. The van der Waals surface area contributed by atoms with Gasteiger partial charge in [-0.05, 0) is 81.4 Å². The van der Waals surface area contributed by atoms with Crippen molar-refractivity contribution in [3.8, 4) is 11.5 Å². The highest BCUT2D eigenvalue weighted by molar-refractivity contribution is 5.84. The van der Waals surface area contributed by atoms with Gasteiger partial charge in [-0.2, -0.15) is 0 Å². The van der Waals surface area contributed by atoms with E-state index in [-0.39, 0.29) is 35.6 Å². The van der Waals surface area contributed by atoms with Crippen LogP contribution in [0, 0.1) is 11.8 Å². The van der Waals surface area contributed by atoms with E-state index in [0.29, 0.717) is 63.4 Å². The van der Waals surface area contributed by atoms with E-state index < -0.39 is 5.60 Å². The average Bonchev–Trinajstić information content (AvgIpc) is 2.93. The van der Waals surface area contributed by atoms with E-state index in [4.69, 9.17) is 14.2 Å². The topological polar surface area (TPSA) is 97.4 Å². The largest absolute Gasteiger partial charge is 0.493 e. The van der Waals surface area contributed by atoms with Gasteiger partial charge in [-0.1, -0.05) is 6.07 Å². The number of ether oxygens (including phenoxy) is 3. The predicted molar refractivity (Wildman–Crippen MR) is 148 cm³/mol. The maximum Gasteiger partial charge on any atom is 0.254 e. The third kappa shape index (κ3) is 6.68. The Labute approximate surface area is 232 Å². The number of aryl methyl sites for hydroxylation is 2. The first kappa shape index (κ1) is 29.2. The number of likely N-dealkylation sites (tertiary alicyclic amines) is 1. The minimum Gasteiger partial charge on any atom is -0.493 e. The van der Waals surface area contributed by atoms with Gasteiger partial charge >= 0.3 is 0 Å². The van der Waals surface area contributed by atoms with Crippen LogP contribution in [0.3, 0.4) is 0 Å². The number of rotatable bonds is 4. The van der Waals surface area contributed by atoms with Gasteiger partial charge in [0, 0.05) is 52.2 Å². The summed E-state index contributed by atoms with van der Waals surface area (Å²) in [4.78, 5) is 43.5. The SMILES string of the molecule is COc1cc2cc(c1OC)CCCNC(=O)CCC[C@H]1[C@H]3C[C@@H](CN(C(=O)C(C)(C)OC)C3)CN1C(=O)CC2. The quantitative estimate of drug-likeness (QED) is 0.627. The second-order valence-corrected chi connectivity index (χ2v) is 11.7. The maximum atomic E-state index is 13.7. The van der Waals surface area contributed by atoms with E-state index in [1.165, 1.54) is 0 Å². The Kier molecular flexibility index (Phi) is 9.41. The minimum atomic E-state index is -0.877. The Morgan fingerprint density at radius 3 is 2.49 bits per heavy atom.